The van der Waals surface area contributed by atoms with Crippen LogP contribution in [-0.4, -0.2) is 82.8 Å². The van der Waals surface area contributed by atoms with Crippen LogP contribution in [0.4, 0.5) is 10.7 Å². The van der Waals surface area contributed by atoms with Crippen LogP contribution in [0.15, 0.2) is 83.6 Å². The second-order valence-electron chi connectivity index (χ2n) is 17.0. The van der Waals surface area contributed by atoms with Crippen molar-refractivity contribution in [1.29, 1.82) is 0 Å². The lowest BCUT2D eigenvalue weighted by Gasteiger charge is -2.36. The Balaban J connectivity index is 0.875. The third kappa shape index (κ3) is 7.61. The minimum absolute atomic E-state index is 0.150. The molecule has 2 aliphatic carbocycles. The number of morpholine rings is 1. The van der Waals surface area contributed by atoms with Gasteiger partial charge in [-0.05, 0) is 92.0 Å². The molecule has 56 heavy (non-hydrogen) atoms. The third-order valence-corrected chi connectivity index (χ3v) is 12.1. The SMILES string of the molecule is CC(C)(C)C1=NC(c2cccc(OCCN3CCOCC3)c2)C(NC(=O)N[C@H]2CC[C@@H](Oc3ccc4nnc(N5CCCCC56CC6)n4c3)c3ccccc32)=C1. The van der Waals surface area contributed by atoms with Crippen molar-refractivity contribution in [3.63, 3.8) is 0 Å². The molecule has 3 atom stereocenters. The fourth-order valence-corrected chi connectivity index (χ4v) is 8.83. The standard InChI is InChI=1S/C44H54N8O4/c1-43(2,3)38-28-36(40(47-38)30-9-8-10-31(27-30)55-26-23-50-21-24-54-25-22-50)46-41(53)45-35-14-15-37(34-12-5-4-11-33(34)35)56-32-13-16-39-48-49-42(51(39)29-32)52-20-7-6-17-44(52)18-19-44/h4-5,8-13,16,27-29,35,37,40H,6-7,14-15,17-26H2,1-3H3,(H2,45,46,53)/t35-,37+,40?/m0/s1. The number of amides is 2. The number of urea groups is 1. The zero-order valence-electron chi connectivity index (χ0n) is 32.9. The molecule has 2 amide bonds. The van der Waals surface area contributed by atoms with Gasteiger partial charge >= 0.3 is 6.03 Å². The molecule has 294 valence electrons. The van der Waals surface area contributed by atoms with Gasteiger partial charge < -0.3 is 29.7 Å². The van der Waals surface area contributed by atoms with Crippen LogP contribution < -0.4 is 25.0 Å². The smallest absolute Gasteiger partial charge is 0.319 e. The molecule has 1 spiro atoms. The fourth-order valence-electron chi connectivity index (χ4n) is 8.83. The van der Waals surface area contributed by atoms with E-state index < -0.39 is 0 Å². The minimum Gasteiger partial charge on any atom is -0.492 e. The Hall–Kier alpha value is -4.94. The number of benzene rings is 2. The first-order valence-corrected chi connectivity index (χ1v) is 20.5. The van der Waals surface area contributed by atoms with Crippen molar-refractivity contribution in [2.75, 3.05) is 50.9 Å². The summed E-state index contributed by atoms with van der Waals surface area (Å²) in [5, 5.41) is 15.6. The quantitative estimate of drug-likeness (QED) is 0.173. The van der Waals surface area contributed by atoms with Crippen molar-refractivity contribution in [2.24, 2.45) is 10.4 Å². The monoisotopic (exact) mass is 758 g/mol. The molecule has 2 aromatic carbocycles. The average molecular weight is 759 g/mol. The van der Waals surface area contributed by atoms with Gasteiger partial charge in [0.05, 0.1) is 31.1 Å². The molecule has 5 aliphatic rings. The summed E-state index contributed by atoms with van der Waals surface area (Å²) < 4.78 is 20.5. The van der Waals surface area contributed by atoms with Crippen LogP contribution in [0.3, 0.4) is 0 Å². The molecule has 2 N–H and O–H groups in total. The number of pyridine rings is 1. The fraction of sp³-hybridized carbons (Fsp3) is 0.500. The molecule has 1 unspecified atom stereocenters. The number of carbonyl (C=O) groups excluding carboxylic acids is 1. The molecule has 12 heteroatoms. The number of nitrogens with zero attached hydrogens (tertiary/aromatic N) is 6. The van der Waals surface area contributed by atoms with Crippen molar-refractivity contribution < 1.29 is 19.0 Å². The first-order valence-electron chi connectivity index (χ1n) is 20.5. The van der Waals surface area contributed by atoms with Gasteiger partial charge in [-0.1, -0.05) is 57.2 Å². The molecule has 9 rings (SSSR count). The van der Waals surface area contributed by atoms with E-state index in [9.17, 15) is 4.79 Å². The van der Waals surface area contributed by atoms with E-state index >= 15 is 0 Å². The van der Waals surface area contributed by atoms with Gasteiger partial charge in [-0.2, -0.15) is 0 Å². The van der Waals surface area contributed by atoms with Crippen LogP contribution in [-0.2, 0) is 4.74 Å². The van der Waals surface area contributed by atoms with Gasteiger partial charge in [0.25, 0.3) is 0 Å². The number of piperidine rings is 1. The summed E-state index contributed by atoms with van der Waals surface area (Å²) in [6.45, 7) is 12.3. The third-order valence-electron chi connectivity index (χ3n) is 12.1. The van der Waals surface area contributed by atoms with Crippen LogP contribution in [0, 0.1) is 5.41 Å². The van der Waals surface area contributed by atoms with Crippen molar-refractivity contribution in [1.82, 2.24) is 30.1 Å². The predicted octanol–water partition coefficient (Wildman–Crippen LogP) is 7.34. The van der Waals surface area contributed by atoms with Crippen LogP contribution in [0.25, 0.3) is 5.65 Å². The summed E-state index contributed by atoms with van der Waals surface area (Å²) in [5.74, 6) is 2.50. The van der Waals surface area contributed by atoms with E-state index in [2.05, 4.69) is 74.0 Å². The highest BCUT2D eigenvalue weighted by Crippen LogP contribution is 2.50. The van der Waals surface area contributed by atoms with Crippen molar-refractivity contribution in [2.45, 2.75) is 89.4 Å². The minimum atomic E-state index is -0.345. The van der Waals surface area contributed by atoms with Crippen LogP contribution >= 0.6 is 0 Å². The zero-order chi connectivity index (χ0) is 38.3. The Morgan fingerprint density at radius 1 is 0.929 bits per heavy atom. The Kier molecular flexibility index (Phi) is 9.95. The van der Waals surface area contributed by atoms with E-state index in [1.54, 1.807) is 0 Å². The number of carbonyl (C=O) groups is 1. The molecule has 3 fully saturated rings. The molecule has 0 bridgehead atoms. The average Bonchev–Trinajstić information content (AvgIpc) is 3.62. The number of aliphatic imine (C=N–C) groups is 1. The number of fused-ring (bicyclic) bond motifs is 2. The Morgan fingerprint density at radius 2 is 1.77 bits per heavy atom. The number of nitrogens with one attached hydrogen (secondary N) is 2. The summed E-state index contributed by atoms with van der Waals surface area (Å²) in [7, 11) is 0. The van der Waals surface area contributed by atoms with Crippen molar-refractivity contribution >= 4 is 23.3 Å². The zero-order valence-corrected chi connectivity index (χ0v) is 32.9. The van der Waals surface area contributed by atoms with Gasteiger partial charge in [0.15, 0.2) is 5.65 Å². The molecule has 4 aromatic rings. The van der Waals surface area contributed by atoms with E-state index in [1.807, 2.05) is 54.7 Å². The van der Waals surface area contributed by atoms with Crippen LogP contribution in [0.2, 0.25) is 0 Å². The van der Waals surface area contributed by atoms with Gasteiger partial charge in [-0.25, -0.2) is 4.79 Å². The number of hydrogen-bond acceptors (Lipinski definition) is 9. The molecule has 2 aromatic heterocycles. The van der Waals surface area contributed by atoms with E-state index in [-0.39, 0.29) is 35.2 Å². The highest BCUT2D eigenvalue weighted by molar-refractivity contribution is 6.02. The lowest BCUT2D eigenvalue weighted by atomic mass is 9.85. The van der Waals surface area contributed by atoms with Gasteiger partial charge in [0.1, 0.15) is 30.3 Å². The van der Waals surface area contributed by atoms with Crippen molar-refractivity contribution in [3.8, 4) is 11.5 Å². The van der Waals surface area contributed by atoms with Gasteiger partial charge in [-0.15, -0.1) is 10.2 Å². The normalized spacial score (nSPS) is 23.3. The summed E-state index contributed by atoms with van der Waals surface area (Å²) >= 11 is 0. The maximum atomic E-state index is 13.9. The Bertz CT molecular complexity index is 2130. The van der Waals surface area contributed by atoms with E-state index in [0.29, 0.717) is 6.61 Å². The van der Waals surface area contributed by atoms with Gasteiger partial charge in [-0.3, -0.25) is 14.3 Å². The number of allylic oxidation sites excluding steroid dienone is 1. The lowest BCUT2D eigenvalue weighted by Crippen LogP contribution is -2.42. The largest absolute Gasteiger partial charge is 0.492 e. The van der Waals surface area contributed by atoms with E-state index in [1.165, 1.54) is 32.1 Å². The van der Waals surface area contributed by atoms with Gasteiger partial charge in [0, 0.05) is 42.8 Å². The second kappa shape index (κ2) is 15.2. The van der Waals surface area contributed by atoms with Crippen molar-refractivity contribution in [3.05, 3.63) is 95.3 Å². The number of hydrogen-bond donors (Lipinski definition) is 2. The highest BCUT2D eigenvalue weighted by atomic mass is 16.5. The molecule has 2 saturated heterocycles. The number of anilines is 1. The Morgan fingerprint density at radius 3 is 2.59 bits per heavy atom. The first kappa shape index (κ1) is 36.7. The molecular formula is C44H54N8O4. The summed E-state index contributed by atoms with van der Waals surface area (Å²) in [4.78, 5) is 23.8. The molecule has 5 heterocycles. The van der Waals surface area contributed by atoms with Gasteiger partial charge in [0.2, 0.25) is 5.95 Å². The highest BCUT2D eigenvalue weighted by Gasteiger charge is 2.50. The van der Waals surface area contributed by atoms with Crippen LogP contribution in [0.5, 0.6) is 11.5 Å². The maximum Gasteiger partial charge on any atom is 0.319 e. The topological polar surface area (TPSA) is 118 Å². The first-order chi connectivity index (χ1) is 27.2. The lowest BCUT2D eigenvalue weighted by molar-refractivity contribution is 0.0322. The molecular weight excluding hydrogens is 705 g/mol. The molecule has 1 saturated carbocycles. The number of aromatic nitrogens is 3. The summed E-state index contributed by atoms with van der Waals surface area (Å²) in [6.07, 6.45) is 11.6. The summed E-state index contributed by atoms with van der Waals surface area (Å²) in [6, 6.07) is 19.6. The van der Waals surface area contributed by atoms with Crippen LogP contribution in [0.1, 0.15) is 101 Å². The number of ether oxygens (including phenoxy) is 3. The molecule has 0 radical (unpaired) electrons. The maximum absolute atomic E-state index is 13.9. The van der Waals surface area contributed by atoms with E-state index in [4.69, 9.17) is 19.2 Å². The predicted molar refractivity (Wildman–Crippen MR) is 217 cm³/mol. The molecule has 3 aliphatic heterocycles. The summed E-state index contributed by atoms with van der Waals surface area (Å²) in [5.41, 5.74) is 5.73. The second-order valence-corrected chi connectivity index (χ2v) is 17.0. The number of rotatable bonds is 10. The molecule has 12 nitrogen and oxygen atoms in total. The Labute approximate surface area is 329 Å². The van der Waals surface area contributed by atoms with E-state index in [0.717, 1.165) is 103 Å².